The standard InChI is InChI=1S/C17H13ClN2O3/c18-13-8-6-12(7-9-13)15-10-20(14-4-2-1-3-5-14)19-17(15)23-11-16(21)22/h1-10H,11H2,(H,21,22). The van der Waals surface area contributed by atoms with Gasteiger partial charge in [0, 0.05) is 11.2 Å². The molecule has 1 aromatic heterocycles. The molecule has 1 heterocycles. The summed E-state index contributed by atoms with van der Waals surface area (Å²) in [6, 6.07) is 16.7. The molecule has 0 aliphatic carbocycles. The van der Waals surface area contributed by atoms with E-state index in [2.05, 4.69) is 5.10 Å². The molecule has 116 valence electrons. The van der Waals surface area contributed by atoms with Gasteiger partial charge in [-0.05, 0) is 29.8 Å². The molecule has 0 aliphatic heterocycles. The number of halogens is 1. The second-order valence-corrected chi connectivity index (χ2v) is 5.25. The highest BCUT2D eigenvalue weighted by Crippen LogP contribution is 2.30. The van der Waals surface area contributed by atoms with Gasteiger partial charge in [-0.1, -0.05) is 41.9 Å². The molecule has 0 amide bonds. The highest BCUT2D eigenvalue weighted by atomic mass is 35.5. The molecule has 3 aromatic rings. The maximum atomic E-state index is 10.8. The Labute approximate surface area is 137 Å². The number of rotatable bonds is 5. The number of hydrogen-bond donors (Lipinski definition) is 1. The maximum absolute atomic E-state index is 10.8. The Balaban J connectivity index is 2.03. The van der Waals surface area contributed by atoms with Crippen molar-refractivity contribution in [2.45, 2.75) is 0 Å². The summed E-state index contributed by atoms with van der Waals surface area (Å²) in [4.78, 5) is 10.8. The zero-order valence-electron chi connectivity index (χ0n) is 12.0. The highest BCUT2D eigenvalue weighted by Gasteiger charge is 2.14. The van der Waals surface area contributed by atoms with Crippen molar-refractivity contribution in [2.75, 3.05) is 6.61 Å². The molecule has 0 aliphatic rings. The van der Waals surface area contributed by atoms with E-state index in [4.69, 9.17) is 21.4 Å². The zero-order chi connectivity index (χ0) is 16.2. The number of para-hydroxylation sites is 1. The van der Waals surface area contributed by atoms with E-state index < -0.39 is 12.6 Å². The largest absolute Gasteiger partial charge is 0.479 e. The van der Waals surface area contributed by atoms with Gasteiger partial charge in [0.15, 0.2) is 6.61 Å². The molecular formula is C17H13ClN2O3. The summed E-state index contributed by atoms with van der Waals surface area (Å²) < 4.78 is 6.97. The molecule has 2 aromatic carbocycles. The van der Waals surface area contributed by atoms with Crippen molar-refractivity contribution in [1.29, 1.82) is 0 Å². The number of benzene rings is 2. The molecule has 0 saturated carbocycles. The Morgan fingerprint density at radius 2 is 1.83 bits per heavy atom. The first-order valence-corrected chi connectivity index (χ1v) is 7.27. The number of hydrogen-bond acceptors (Lipinski definition) is 3. The molecule has 0 atom stereocenters. The number of carbonyl (C=O) groups is 1. The SMILES string of the molecule is O=C(O)COc1nn(-c2ccccc2)cc1-c1ccc(Cl)cc1. The molecule has 5 nitrogen and oxygen atoms in total. The quantitative estimate of drug-likeness (QED) is 0.776. The minimum Gasteiger partial charge on any atom is -0.479 e. The first-order valence-electron chi connectivity index (χ1n) is 6.89. The third kappa shape index (κ3) is 3.52. The lowest BCUT2D eigenvalue weighted by atomic mass is 10.1. The van der Waals surface area contributed by atoms with Crippen molar-refractivity contribution < 1.29 is 14.6 Å². The molecule has 1 N–H and O–H groups in total. The van der Waals surface area contributed by atoms with Crippen LogP contribution in [0.5, 0.6) is 5.88 Å². The normalized spacial score (nSPS) is 10.5. The summed E-state index contributed by atoms with van der Waals surface area (Å²) in [7, 11) is 0. The van der Waals surface area contributed by atoms with Gasteiger partial charge in [-0.25, -0.2) is 9.48 Å². The number of nitrogens with zero attached hydrogens (tertiary/aromatic N) is 2. The van der Waals surface area contributed by atoms with Gasteiger partial charge < -0.3 is 9.84 Å². The highest BCUT2D eigenvalue weighted by molar-refractivity contribution is 6.30. The van der Waals surface area contributed by atoms with Crippen LogP contribution in [0.25, 0.3) is 16.8 Å². The Morgan fingerprint density at radius 3 is 2.48 bits per heavy atom. The van der Waals surface area contributed by atoms with Gasteiger partial charge in [-0.2, -0.15) is 0 Å². The van der Waals surface area contributed by atoms with Gasteiger partial charge in [0.1, 0.15) is 0 Å². The fraction of sp³-hybridized carbons (Fsp3) is 0.0588. The van der Waals surface area contributed by atoms with Gasteiger partial charge in [0.05, 0.1) is 11.3 Å². The van der Waals surface area contributed by atoms with E-state index in [-0.39, 0.29) is 5.88 Å². The van der Waals surface area contributed by atoms with Gasteiger partial charge in [-0.15, -0.1) is 5.10 Å². The van der Waals surface area contributed by atoms with Crippen molar-refractivity contribution in [3.63, 3.8) is 0 Å². The summed E-state index contributed by atoms with van der Waals surface area (Å²) in [5.74, 6) is -0.792. The lowest BCUT2D eigenvalue weighted by Crippen LogP contribution is -2.10. The summed E-state index contributed by atoms with van der Waals surface area (Å²) in [6.07, 6.45) is 1.80. The van der Waals surface area contributed by atoms with Crippen LogP contribution in [0.1, 0.15) is 0 Å². The minimum atomic E-state index is -1.05. The van der Waals surface area contributed by atoms with E-state index >= 15 is 0 Å². The maximum Gasteiger partial charge on any atom is 0.341 e. The lowest BCUT2D eigenvalue weighted by Gasteiger charge is -2.03. The predicted octanol–water partition coefficient (Wildman–Crippen LogP) is 3.66. The lowest BCUT2D eigenvalue weighted by molar-refractivity contribution is -0.139. The van der Waals surface area contributed by atoms with Crippen LogP contribution in [0.3, 0.4) is 0 Å². The van der Waals surface area contributed by atoms with Crippen LogP contribution in [-0.4, -0.2) is 27.5 Å². The monoisotopic (exact) mass is 328 g/mol. The molecule has 0 unspecified atom stereocenters. The number of carboxylic acids is 1. The van der Waals surface area contributed by atoms with Crippen molar-refractivity contribution in [3.8, 4) is 22.7 Å². The fourth-order valence-electron chi connectivity index (χ4n) is 2.14. The molecule has 0 bridgehead atoms. The van der Waals surface area contributed by atoms with Crippen LogP contribution in [0, 0.1) is 0 Å². The van der Waals surface area contributed by atoms with Crippen LogP contribution >= 0.6 is 11.6 Å². The van der Waals surface area contributed by atoms with Crippen LogP contribution in [0.4, 0.5) is 0 Å². The molecule has 3 rings (SSSR count). The first-order chi connectivity index (χ1) is 11.1. The number of ether oxygens (including phenoxy) is 1. The summed E-state index contributed by atoms with van der Waals surface area (Å²) in [5, 5.41) is 13.8. The van der Waals surface area contributed by atoms with Gasteiger partial charge >= 0.3 is 5.97 Å². The Hall–Kier alpha value is -2.79. The summed E-state index contributed by atoms with van der Waals surface area (Å²) in [5.41, 5.74) is 2.40. The van der Waals surface area contributed by atoms with Crippen LogP contribution in [0.15, 0.2) is 60.8 Å². The van der Waals surface area contributed by atoms with Crippen LogP contribution in [0.2, 0.25) is 5.02 Å². The Bertz CT molecular complexity index is 814. The van der Waals surface area contributed by atoms with Crippen molar-refractivity contribution >= 4 is 17.6 Å². The smallest absolute Gasteiger partial charge is 0.341 e. The van der Waals surface area contributed by atoms with Gasteiger partial charge in [0.25, 0.3) is 0 Å². The number of carboxylic acid groups (broad SMARTS) is 1. The predicted molar refractivity (Wildman–Crippen MR) is 87.1 cm³/mol. The molecule has 0 spiro atoms. The van der Waals surface area contributed by atoms with E-state index in [0.717, 1.165) is 11.3 Å². The average molecular weight is 329 g/mol. The van der Waals surface area contributed by atoms with E-state index in [1.54, 1.807) is 23.0 Å². The first kappa shape index (κ1) is 15.1. The number of aromatic nitrogens is 2. The number of aliphatic carboxylic acids is 1. The van der Waals surface area contributed by atoms with E-state index in [0.29, 0.717) is 10.6 Å². The summed E-state index contributed by atoms with van der Waals surface area (Å²) in [6.45, 7) is -0.452. The third-order valence-corrected chi connectivity index (χ3v) is 3.44. The van der Waals surface area contributed by atoms with Crippen molar-refractivity contribution in [3.05, 3.63) is 65.8 Å². The molecule has 0 radical (unpaired) electrons. The molecule has 0 saturated heterocycles. The topological polar surface area (TPSA) is 64.3 Å². The van der Waals surface area contributed by atoms with Crippen LogP contribution < -0.4 is 4.74 Å². The second kappa shape index (κ2) is 6.54. The Kier molecular flexibility index (Phi) is 4.30. The van der Waals surface area contributed by atoms with E-state index in [1.807, 2.05) is 42.5 Å². The summed E-state index contributed by atoms with van der Waals surface area (Å²) >= 11 is 5.91. The average Bonchev–Trinajstić information content (AvgIpc) is 2.99. The molecule has 0 fully saturated rings. The fourth-order valence-corrected chi connectivity index (χ4v) is 2.26. The third-order valence-electron chi connectivity index (χ3n) is 3.19. The van der Waals surface area contributed by atoms with E-state index in [1.165, 1.54) is 0 Å². The van der Waals surface area contributed by atoms with Crippen molar-refractivity contribution in [1.82, 2.24) is 9.78 Å². The van der Waals surface area contributed by atoms with Gasteiger partial charge in [0.2, 0.25) is 5.88 Å². The second-order valence-electron chi connectivity index (χ2n) is 4.82. The van der Waals surface area contributed by atoms with Crippen molar-refractivity contribution in [2.24, 2.45) is 0 Å². The molecular weight excluding hydrogens is 316 g/mol. The molecule has 23 heavy (non-hydrogen) atoms. The van der Waals surface area contributed by atoms with Crippen LogP contribution in [-0.2, 0) is 4.79 Å². The van der Waals surface area contributed by atoms with E-state index in [9.17, 15) is 4.79 Å². The molecule has 6 heteroatoms. The zero-order valence-corrected chi connectivity index (χ0v) is 12.8. The van der Waals surface area contributed by atoms with Gasteiger partial charge in [-0.3, -0.25) is 0 Å². The minimum absolute atomic E-state index is 0.263. The Morgan fingerprint density at radius 1 is 1.13 bits per heavy atom.